The van der Waals surface area contributed by atoms with Gasteiger partial charge in [-0.3, -0.25) is 0 Å². The summed E-state index contributed by atoms with van der Waals surface area (Å²) in [6, 6.07) is 1.85. The van der Waals surface area contributed by atoms with E-state index in [9.17, 15) is 5.11 Å². The molecule has 0 amide bonds. The summed E-state index contributed by atoms with van der Waals surface area (Å²) in [7, 11) is 3.82. The molecule has 88 valence electrons. The molecule has 1 aliphatic rings. The average molecular weight is 222 g/mol. The van der Waals surface area contributed by atoms with Gasteiger partial charge in [0.15, 0.2) is 0 Å². The number of rotatable bonds is 5. The number of nitrogens with one attached hydrogen (secondary N) is 1. The summed E-state index contributed by atoms with van der Waals surface area (Å²) in [5.74, 6) is 1.51. The monoisotopic (exact) mass is 222 g/mol. The van der Waals surface area contributed by atoms with Gasteiger partial charge in [0.1, 0.15) is 5.82 Å². The molecule has 0 saturated heterocycles. The Labute approximate surface area is 95.5 Å². The van der Waals surface area contributed by atoms with Crippen LogP contribution in [0.3, 0.4) is 0 Å². The van der Waals surface area contributed by atoms with Gasteiger partial charge < -0.3 is 15.3 Å². The van der Waals surface area contributed by atoms with E-state index in [1.165, 1.54) is 0 Å². The fourth-order valence-electron chi connectivity index (χ4n) is 1.51. The van der Waals surface area contributed by atoms with Gasteiger partial charge >= 0.3 is 0 Å². The van der Waals surface area contributed by atoms with Crippen LogP contribution in [0.15, 0.2) is 12.3 Å². The van der Waals surface area contributed by atoms with Crippen LogP contribution in [-0.4, -0.2) is 42.3 Å². The van der Waals surface area contributed by atoms with E-state index < -0.39 is 0 Å². The largest absolute Gasteiger partial charge is 0.396 e. The lowest BCUT2D eigenvalue weighted by Crippen LogP contribution is -2.20. The molecule has 1 aromatic heterocycles. The van der Waals surface area contributed by atoms with Crippen LogP contribution in [-0.2, 0) is 0 Å². The molecule has 0 atom stereocenters. The van der Waals surface area contributed by atoms with Crippen molar-refractivity contribution in [2.24, 2.45) is 5.41 Å². The van der Waals surface area contributed by atoms with E-state index in [0.717, 1.165) is 25.2 Å². The Morgan fingerprint density at radius 3 is 2.81 bits per heavy atom. The van der Waals surface area contributed by atoms with E-state index in [4.69, 9.17) is 0 Å². The highest BCUT2D eigenvalue weighted by Crippen LogP contribution is 2.44. The predicted molar refractivity (Wildman–Crippen MR) is 63.6 cm³/mol. The Bertz CT molecular complexity index is 363. The maximum absolute atomic E-state index is 9.20. The summed E-state index contributed by atoms with van der Waals surface area (Å²) < 4.78 is 0. The number of aliphatic hydroxyl groups is 1. The van der Waals surface area contributed by atoms with Gasteiger partial charge in [0.25, 0.3) is 0 Å². The molecule has 0 unspecified atom stereocenters. The van der Waals surface area contributed by atoms with Gasteiger partial charge in [0.05, 0.1) is 6.61 Å². The molecule has 0 bridgehead atoms. The van der Waals surface area contributed by atoms with Crippen LogP contribution in [0.4, 0.5) is 11.8 Å². The van der Waals surface area contributed by atoms with Crippen molar-refractivity contribution in [1.29, 1.82) is 0 Å². The van der Waals surface area contributed by atoms with Crippen LogP contribution in [0.25, 0.3) is 0 Å². The summed E-state index contributed by atoms with van der Waals surface area (Å²) in [4.78, 5) is 10.4. The minimum Gasteiger partial charge on any atom is -0.396 e. The third kappa shape index (κ3) is 2.41. The van der Waals surface area contributed by atoms with E-state index in [1.54, 1.807) is 6.20 Å². The van der Waals surface area contributed by atoms with Gasteiger partial charge in [-0.05, 0) is 18.9 Å². The molecule has 0 radical (unpaired) electrons. The predicted octanol–water partition coefficient (Wildman–Crippen LogP) is 0.727. The topological polar surface area (TPSA) is 61.3 Å². The molecular formula is C11H18N4O. The van der Waals surface area contributed by atoms with Crippen molar-refractivity contribution in [1.82, 2.24) is 9.97 Å². The highest BCUT2D eigenvalue weighted by atomic mass is 16.3. The van der Waals surface area contributed by atoms with Crippen molar-refractivity contribution in [2.45, 2.75) is 12.8 Å². The third-order valence-corrected chi connectivity index (χ3v) is 2.98. The first-order chi connectivity index (χ1) is 7.65. The second kappa shape index (κ2) is 4.25. The highest BCUT2D eigenvalue weighted by molar-refractivity contribution is 5.40. The number of anilines is 2. The Balaban J connectivity index is 1.96. The van der Waals surface area contributed by atoms with Crippen LogP contribution >= 0.6 is 0 Å². The van der Waals surface area contributed by atoms with Crippen molar-refractivity contribution >= 4 is 11.8 Å². The van der Waals surface area contributed by atoms with Crippen molar-refractivity contribution in [3.05, 3.63) is 12.3 Å². The normalized spacial score (nSPS) is 16.9. The smallest absolute Gasteiger partial charge is 0.226 e. The first kappa shape index (κ1) is 11.1. The zero-order valence-corrected chi connectivity index (χ0v) is 9.77. The number of aromatic nitrogens is 2. The zero-order valence-electron chi connectivity index (χ0n) is 9.77. The van der Waals surface area contributed by atoms with Gasteiger partial charge in [0, 0.05) is 32.3 Å². The van der Waals surface area contributed by atoms with E-state index in [2.05, 4.69) is 15.3 Å². The highest BCUT2D eigenvalue weighted by Gasteiger charge is 2.41. The lowest BCUT2D eigenvalue weighted by atomic mass is 10.1. The lowest BCUT2D eigenvalue weighted by molar-refractivity contribution is 0.219. The Hall–Kier alpha value is -1.36. The Kier molecular flexibility index (Phi) is 2.96. The molecule has 16 heavy (non-hydrogen) atoms. The summed E-state index contributed by atoms with van der Waals surface area (Å²) in [5.41, 5.74) is 0.100. The minimum absolute atomic E-state index is 0.100. The number of hydrogen-bond donors (Lipinski definition) is 2. The number of nitrogens with zero attached hydrogens (tertiary/aromatic N) is 3. The second-order valence-corrected chi connectivity index (χ2v) is 4.65. The SMILES string of the molecule is CN(C)c1nccc(NCC2(CO)CC2)n1. The van der Waals surface area contributed by atoms with Crippen LogP contribution in [0.1, 0.15) is 12.8 Å². The number of hydrogen-bond acceptors (Lipinski definition) is 5. The van der Waals surface area contributed by atoms with Gasteiger partial charge in [-0.15, -0.1) is 0 Å². The molecule has 1 fully saturated rings. The quantitative estimate of drug-likeness (QED) is 0.769. The molecule has 2 rings (SSSR count). The van der Waals surface area contributed by atoms with E-state index in [1.807, 2.05) is 25.1 Å². The van der Waals surface area contributed by atoms with Crippen molar-refractivity contribution in [2.75, 3.05) is 37.5 Å². The first-order valence-corrected chi connectivity index (χ1v) is 5.50. The summed E-state index contributed by atoms with van der Waals surface area (Å²) in [5, 5.41) is 12.5. The van der Waals surface area contributed by atoms with Crippen LogP contribution in [0.5, 0.6) is 0 Å². The fourth-order valence-corrected chi connectivity index (χ4v) is 1.51. The number of aliphatic hydroxyl groups excluding tert-OH is 1. The maximum atomic E-state index is 9.20. The minimum atomic E-state index is 0.100. The fraction of sp³-hybridized carbons (Fsp3) is 0.636. The van der Waals surface area contributed by atoms with Crippen molar-refractivity contribution < 1.29 is 5.11 Å². The van der Waals surface area contributed by atoms with Crippen LogP contribution in [0, 0.1) is 5.41 Å². The molecule has 1 aromatic rings. The van der Waals surface area contributed by atoms with Crippen molar-refractivity contribution in [3.63, 3.8) is 0 Å². The van der Waals surface area contributed by atoms with Gasteiger partial charge in [-0.1, -0.05) is 0 Å². The van der Waals surface area contributed by atoms with E-state index in [0.29, 0.717) is 5.95 Å². The maximum Gasteiger partial charge on any atom is 0.226 e. The molecule has 1 aliphatic carbocycles. The standard InChI is InChI=1S/C11H18N4O/c1-15(2)10-12-6-3-9(14-10)13-7-11(8-16)4-5-11/h3,6,16H,4-5,7-8H2,1-2H3,(H,12,13,14). The molecule has 5 heteroatoms. The molecule has 5 nitrogen and oxygen atoms in total. The van der Waals surface area contributed by atoms with Crippen LogP contribution < -0.4 is 10.2 Å². The third-order valence-electron chi connectivity index (χ3n) is 2.98. The molecule has 0 spiro atoms. The molecule has 1 saturated carbocycles. The molecular weight excluding hydrogens is 204 g/mol. The summed E-state index contributed by atoms with van der Waals surface area (Å²) >= 11 is 0. The second-order valence-electron chi connectivity index (χ2n) is 4.65. The van der Waals surface area contributed by atoms with E-state index >= 15 is 0 Å². The van der Waals surface area contributed by atoms with Crippen LogP contribution in [0.2, 0.25) is 0 Å². The lowest BCUT2D eigenvalue weighted by Gasteiger charge is -2.15. The zero-order chi connectivity index (χ0) is 11.6. The van der Waals surface area contributed by atoms with Gasteiger partial charge in [-0.25, -0.2) is 4.98 Å². The molecule has 0 aliphatic heterocycles. The van der Waals surface area contributed by atoms with E-state index in [-0.39, 0.29) is 12.0 Å². The molecule has 1 heterocycles. The Morgan fingerprint density at radius 1 is 1.50 bits per heavy atom. The molecule has 2 N–H and O–H groups in total. The molecule has 0 aromatic carbocycles. The Morgan fingerprint density at radius 2 is 2.25 bits per heavy atom. The van der Waals surface area contributed by atoms with Gasteiger partial charge in [-0.2, -0.15) is 4.98 Å². The van der Waals surface area contributed by atoms with Gasteiger partial charge in [0.2, 0.25) is 5.95 Å². The summed E-state index contributed by atoms with van der Waals surface area (Å²) in [6.07, 6.45) is 3.94. The average Bonchev–Trinajstić information content (AvgIpc) is 3.07. The summed E-state index contributed by atoms with van der Waals surface area (Å²) in [6.45, 7) is 1.04. The van der Waals surface area contributed by atoms with Crippen molar-refractivity contribution in [3.8, 4) is 0 Å². The first-order valence-electron chi connectivity index (χ1n) is 5.50.